The maximum absolute atomic E-state index is 4.74. The van der Waals surface area contributed by atoms with Crippen LogP contribution >= 0.6 is 22.6 Å². The Hall–Kier alpha value is -0.390. The lowest BCUT2D eigenvalue weighted by atomic mass is 9.92. The maximum Gasteiger partial charge on any atom is 0.143 e. The second-order valence-electron chi connectivity index (χ2n) is 6.11. The Labute approximate surface area is 124 Å². The lowest BCUT2D eigenvalue weighted by Gasteiger charge is -2.20. The van der Waals surface area contributed by atoms with E-state index in [1.807, 2.05) is 0 Å². The van der Waals surface area contributed by atoms with Crippen LogP contribution in [0.1, 0.15) is 59.0 Å². The third kappa shape index (κ3) is 4.37. The number of hydrogen-bond donors (Lipinski definition) is 1. The summed E-state index contributed by atoms with van der Waals surface area (Å²) >= 11 is 2.35. The molecule has 1 heterocycles. The fourth-order valence-electron chi connectivity index (χ4n) is 1.73. The SMILES string of the molecule is CCNc1nc(CC(C)(C)C)nc(C(C)C)c1I. The highest BCUT2D eigenvalue weighted by molar-refractivity contribution is 14.1. The summed E-state index contributed by atoms with van der Waals surface area (Å²) in [5.41, 5.74) is 1.37. The number of nitrogens with one attached hydrogen (secondary N) is 1. The van der Waals surface area contributed by atoms with Gasteiger partial charge in [0, 0.05) is 13.0 Å². The zero-order valence-corrected chi connectivity index (χ0v) is 14.4. The van der Waals surface area contributed by atoms with E-state index in [0.717, 1.165) is 33.9 Å². The minimum absolute atomic E-state index is 0.213. The lowest BCUT2D eigenvalue weighted by molar-refractivity contribution is 0.399. The summed E-state index contributed by atoms with van der Waals surface area (Å²) in [6.45, 7) is 14.0. The molecule has 0 saturated carbocycles. The fraction of sp³-hybridized carbons (Fsp3) is 0.714. The van der Waals surface area contributed by atoms with Gasteiger partial charge in [0.25, 0.3) is 0 Å². The van der Waals surface area contributed by atoms with E-state index in [4.69, 9.17) is 4.98 Å². The predicted octanol–water partition coefficient (Wildman–Crippen LogP) is 4.23. The zero-order valence-electron chi connectivity index (χ0n) is 12.3. The van der Waals surface area contributed by atoms with Crippen LogP contribution in [0, 0.1) is 8.99 Å². The van der Waals surface area contributed by atoms with Crippen molar-refractivity contribution in [2.45, 2.75) is 53.9 Å². The minimum Gasteiger partial charge on any atom is -0.369 e. The number of rotatable bonds is 4. The molecule has 0 radical (unpaired) electrons. The molecular weight excluding hydrogens is 337 g/mol. The minimum atomic E-state index is 0.213. The van der Waals surface area contributed by atoms with Gasteiger partial charge in [-0.2, -0.15) is 0 Å². The highest BCUT2D eigenvalue weighted by Crippen LogP contribution is 2.27. The highest BCUT2D eigenvalue weighted by Gasteiger charge is 2.18. The van der Waals surface area contributed by atoms with E-state index in [1.165, 1.54) is 0 Å². The molecule has 0 amide bonds. The van der Waals surface area contributed by atoms with Crippen molar-refractivity contribution >= 4 is 28.4 Å². The van der Waals surface area contributed by atoms with Crippen molar-refractivity contribution in [3.05, 3.63) is 15.1 Å². The molecule has 1 N–H and O–H groups in total. The first kappa shape index (κ1) is 15.7. The Morgan fingerprint density at radius 1 is 1.22 bits per heavy atom. The van der Waals surface area contributed by atoms with Crippen LogP contribution < -0.4 is 5.32 Å². The van der Waals surface area contributed by atoms with E-state index in [1.54, 1.807) is 0 Å². The van der Waals surface area contributed by atoms with E-state index in [0.29, 0.717) is 5.92 Å². The van der Waals surface area contributed by atoms with Crippen molar-refractivity contribution < 1.29 is 0 Å². The molecule has 0 bridgehead atoms. The molecule has 0 aromatic carbocycles. The molecule has 102 valence electrons. The summed E-state index contributed by atoms with van der Waals surface area (Å²) in [7, 11) is 0. The summed E-state index contributed by atoms with van der Waals surface area (Å²) < 4.78 is 1.15. The first-order valence-corrected chi connectivity index (χ1v) is 7.62. The van der Waals surface area contributed by atoms with Crippen LogP contribution in [0.4, 0.5) is 5.82 Å². The Morgan fingerprint density at radius 2 is 1.83 bits per heavy atom. The van der Waals surface area contributed by atoms with E-state index in [-0.39, 0.29) is 5.41 Å². The van der Waals surface area contributed by atoms with Gasteiger partial charge in [-0.3, -0.25) is 0 Å². The van der Waals surface area contributed by atoms with Gasteiger partial charge in [-0.1, -0.05) is 34.6 Å². The molecule has 0 aliphatic rings. The van der Waals surface area contributed by atoms with Gasteiger partial charge in [-0.15, -0.1) is 0 Å². The predicted molar refractivity (Wildman–Crippen MR) is 86.2 cm³/mol. The van der Waals surface area contributed by atoms with Crippen LogP contribution in [-0.4, -0.2) is 16.5 Å². The number of hydrogen-bond acceptors (Lipinski definition) is 3. The first-order chi connectivity index (χ1) is 8.24. The number of nitrogens with zero attached hydrogens (tertiary/aromatic N) is 2. The number of anilines is 1. The molecule has 0 aliphatic carbocycles. The Morgan fingerprint density at radius 3 is 2.28 bits per heavy atom. The zero-order chi connectivity index (χ0) is 13.9. The third-order valence-electron chi connectivity index (χ3n) is 2.50. The monoisotopic (exact) mass is 361 g/mol. The van der Waals surface area contributed by atoms with Gasteiger partial charge in [0.15, 0.2) is 0 Å². The van der Waals surface area contributed by atoms with Crippen molar-refractivity contribution in [3.8, 4) is 0 Å². The second-order valence-corrected chi connectivity index (χ2v) is 7.19. The van der Waals surface area contributed by atoms with E-state index < -0.39 is 0 Å². The Balaban J connectivity index is 3.20. The molecule has 1 aromatic heterocycles. The van der Waals surface area contributed by atoms with Crippen molar-refractivity contribution in [3.63, 3.8) is 0 Å². The molecule has 18 heavy (non-hydrogen) atoms. The van der Waals surface area contributed by atoms with Crippen molar-refractivity contribution in [1.82, 2.24) is 9.97 Å². The maximum atomic E-state index is 4.74. The number of aromatic nitrogens is 2. The summed E-state index contributed by atoms with van der Waals surface area (Å²) in [6, 6.07) is 0. The molecular formula is C14H24IN3. The molecule has 4 heteroatoms. The summed E-state index contributed by atoms with van der Waals surface area (Å²) in [5, 5.41) is 3.34. The van der Waals surface area contributed by atoms with Crippen LogP contribution in [0.3, 0.4) is 0 Å². The van der Waals surface area contributed by atoms with Crippen molar-refractivity contribution in [2.24, 2.45) is 5.41 Å². The largest absolute Gasteiger partial charge is 0.369 e. The van der Waals surface area contributed by atoms with Crippen LogP contribution in [0.5, 0.6) is 0 Å². The van der Waals surface area contributed by atoms with Gasteiger partial charge in [0.05, 0.1) is 9.26 Å². The van der Waals surface area contributed by atoms with E-state index in [9.17, 15) is 0 Å². The van der Waals surface area contributed by atoms with E-state index in [2.05, 4.69) is 74.4 Å². The van der Waals surface area contributed by atoms with Crippen molar-refractivity contribution in [1.29, 1.82) is 0 Å². The van der Waals surface area contributed by atoms with Crippen molar-refractivity contribution in [2.75, 3.05) is 11.9 Å². The highest BCUT2D eigenvalue weighted by atomic mass is 127. The standard InChI is InChI=1S/C14H24IN3/c1-7-16-13-11(15)12(9(2)3)17-10(18-13)8-14(4,5)6/h9H,7-8H2,1-6H3,(H,16,17,18). The molecule has 0 fully saturated rings. The molecule has 0 saturated heterocycles. The summed E-state index contributed by atoms with van der Waals surface area (Å²) in [6.07, 6.45) is 0.905. The summed E-state index contributed by atoms with van der Waals surface area (Å²) in [5.74, 6) is 2.36. The van der Waals surface area contributed by atoms with Crippen LogP contribution in [0.15, 0.2) is 0 Å². The van der Waals surface area contributed by atoms with Gasteiger partial charge in [0.2, 0.25) is 0 Å². The Kier molecular flexibility index (Phi) is 5.37. The second kappa shape index (κ2) is 6.17. The van der Waals surface area contributed by atoms with Crippen LogP contribution in [0.25, 0.3) is 0 Å². The van der Waals surface area contributed by atoms with Crippen LogP contribution in [0.2, 0.25) is 0 Å². The van der Waals surface area contributed by atoms with Gasteiger partial charge in [-0.05, 0) is 40.8 Å². The normalized spacial score (nSPS) is 12.0. The smallest absolute Gasteiger partial charge is 0.143 e. The Bertz CT molecular complexity index is 408. The molecule has 0 aliphatic heterocycles. The van der Waals surface area contributed by atoms with Gasteiger partial charge < -0.3 is 5.32 Å². The average molecular weight is 361 g/mol. The molecule has 0 atom stereocenters. The lowest BCUT2D eigenvalue weighted by Crippen LogP contribution is -2.16. The first-order valence-electron chi connectivity index (χ1n) is 6.54. The van der Waals surface area contributed by atoms with Gasteiger partial charge in [-0.25, -0.2) is 9.97 Å². The molecule has 0 spiro atoms. The molecule has 0 unspecified atom stereocenters. The summed E-state index contributed by atoms with van der Waals surface area (Å²) in [4.78, 5) is 9.40. The number of halogens is 1. The topological polar surface area (TPSA) is 37.8 Å². The van der Waals surface area contributed by atoms with Gasteiger partial charge >= 0.3 is 0 Å². The quantitative estimate of drug-likeness (QED) is 0.816. The average Bonchev–Trinajstić information content (AvgIpc) is 2.20. The van der Waals surface area contributed by atoms with E-state index >= 15 is 0 Å². The van der Waals surface area contributed by atoms with Crippen LogP contribution in [-0.2, 0) is 6.42 Å². The molecule has 3 nitrogen and oxygen atoms in total. The fourth-order valence-corrected chi connectivity index (χ4v) is 2.79. The third-order valence-corrected chi connectivity index (χ3v) is 3.57. The molecule has 1 aromatic rings. The van der Waals surface area contributed by atoms with Gasteiger partial charge in [0.1, 0.15) is 11.6 Å². The molecule has 1 rings (SSSR count).